The first-order valence-electron chi connectivity index (χ1n) is 8.95. The molecule has 3 rings (SSSR count). The summed E-state index contributed by atoms with van der Waals surface area (Å²) in [6.45, 7) is 4.81. The highest BCUT2D eigenvalue weighted by Gasteiger charge is 2.35. The van der Waals surface area contributed by atoms with Gasteiger partial charge in [0, 0.05) is 16.7 Å². The van der Waals surface area contributed by atoms with Crippen molar-refractivity contribution in [3.05, 3.63) is 46.2 Å². The number of fused-ring (bicyclic) bond motifs is 1. The van der Waals surface area contributed by atoms with E-state index in [0.29, 0.717) is 0 Å². The van der Waals surface area contributed by atoms with E-state index in [2.05, 4.69) is 4.99 Å². The van der Waals surface area contributed by atoms with E-state index in [1.807, 2.05) is 0 Å². The second kappa shape index (κ2) is 8.24. The largest absolute Gasteiger partial charge is 0.595 e. The van der Waals surface area contributed by atoms with Crippen LogP contribution in [0.5, 0.6) is 5.75 Å². The molecule has 0 bridgehead atoms. The molecular weight excluding hydrogens is 456 g/mol. The molecule has 1 unspecified atom stereocenters. The van der Waals surface area contributed by atoms with Crippen LogP contribution in [-0.4, -0.2) is 38.5 Å². The van der Waals surface area contributed by atoms with Gasteiger partial charge < -0.3 is 14.6 Å². The van der Waals surface area contributed by atoms with E-state index in [-0.39, 0.29) is 38.4 Å². The molecule has 0 aliphatic carbocycles. The molecule has 0 saturated carbocycles. The van der Waals surface area contributed by atoms with Crippen LogP contribution < -0.4 is 9.84 Å². The van der Waals surface area contributed by atoms with Crippen molar-refractivity contribution in [1.29, 1.82) is 0 Å². The van der Waals surface area contributed by atoms with E-state index in [1.54, 1.807) is 39.0 Å². The first-order valence-corrected chi connectivity index (χ1v) is 11.4. The molecule has 1 atom stereocenters. The van der Waals surface area contributed by atoms with E-state index in [4.69, 9.17) is 32.7 Å². The molecule has 162 valence electrons. The number of nitrogens with zero attached hydrogens (tertiary/aromatic N) is 1. The predicted molar refractivity (Wildman–Crippen MR) is 111 cm³/mol. The summed E-state index contributed by atoms with van der Waals surface area (Å²) in [5, 5.41) is 12.3. The molecule has 0 radical (unpaired) electrons. The van der Waals surface area contributed by atoms with Crippen LogP contribution in [-0.2, 0) is 14.6 Å². The minimum Gasteiger partial charge on any atom is -0.595 e. The highest BCUT2D eigenvalue weighted by Crippen LogP contribution is 2.45. The second-order valence-corrected chi connectivity index (χ2v) is 10.5. The molecule has 2 aromatic rings. The zero-order chi connectivity index (χ0) is 22.3. The molecule has 0 amide bonds. The van der Waals surface area contributed by atoms with Crippen molar-refractivity contribution in [2.75, 3.05) is 12.3 Å². The van der Waals surface area contributed by atoms with Gasteiger partial charge in [0.2, 0.25) is 0 Å². The molecule has 1 heterocycles. The van der Waals surface area contributed by atoms with E-state index in [9.17, 15) is 17.9 Å². The Bertz CT molecular complexity index is 1090. The first-order chi connectivity index (χ1) is 13.9. The Kier molecular flexibility index (Phi) is 6.23. The molecule has 0 aromatic heterocycles. The van der Waals surface area contributed by atoms with Crippen molar-refractivity contribution >= 4 is 39.1 Å². The van der Waals surface area contributed by atoms with Crippen molar-refractivity contribution in [3.63, 3.8) is 0 Å². The fourth-order valence-electron chi connectivity index (χ4n) is 2.96. The third kappa shape index (κ3) is 4.99. The third-order valence-electron chi connectivity index (χ3n) is 4.09. The van der Waals surface area contributed by atoms with Gasteiger partial charge in [-0.25, -0.2) is 12.8 Å². The maximum Gasteiger partial charge on any atom is 0.185 e. The minimum atomic E-state index is -3.92. The number of rotatable bonds is 3. The van der Waals surface area contributed by atoms with Crippen LogP contribution in [0, 0.1) is 5.82 Å². The number of hydrogen-bond donors (Lipinski definition) is 0. The van der Waals surface area contributed by atoms with Gasteiger partial charge in [0.1, 0.15) is 28.6 Å². The lowest BCUT2D eigenvalue weighted by molar-refractivity contribution is -0.260. The van der Waals surface area contributed by atoms with E-state index >= 15 is 0 Å². The van der Waals surface area contributed by atoms with Crippen molar-refractivity contribution < 1.29 is 27.4 Å². The van der Waals surface area contributed by atoms with Crippen molar-refractivity contribution in [1.82, 2.24) is 0 Å². The molecule has 1 aliphatic heterocycles. The van der Waals surface area contributed by atoms with E-state index < -0.39 is 39.2 Å². The summed E-state index contributed by atoms with van der Waals surface area (Å²) >= 11 is 12.5. The zero-order valence-corrected chi connectivity index (χ0v) is 18.7. The first kappa shape index (κ1) is 22.7. The van der Waals surface area contributed by atoms with Crippen molar-refractivity contribution in [3.8, 4) is 16.9 Å². The summed E-state index contributed by atoms with van der Waals surface area (Å²) in [4.78, 5) is 3.45. The average molecular weight is 475 g/mol. The van der Waals surface area contributed by atoms with Crippen molar-refractivity contribution in [2.24, 2.45) is 4.99 Å². The van der Waals surface area contributed by atoms with Crippen LogP contribution in [0.2, 0.25) is 10.0 Å². The van der Waals surface area contributed by atoms with Crippen LogP contribution in [0.15, 0.2) is 40.2 Å². The summed E-state index contributed by atoms with van der Waals surface area (Å²) in [7, 11) is -3.92. The maximum atomic E-state index is 14.3. The molecule has 2 aromatic carbocycles. The Labute approximate surface area is 184 Å². The third-order valence-corrected chi connectivity index (χ3v) is 6.51. The molecule has 1 aliphatic rings. The molecule has 0 fully saturated rings. The standard InChI is InChI=1S/C20H20Cl2FNO5S/c1-20(2,3)29-19(25)24-9-12-10-30(26,27)16-8-11(23)7-13(18(16)28-12)17-14(21)5-4-6-15(17)22/h4-8,12H,9-10H2,1-3H3,(H,24,25)/p-1. The number of aliphatic imine (C=N–C) groups is 1. The summed E-state index contributed by atoms with van der Waals surface area (Å²) in [5.74, 6) is -1.32. The van der Waals surface area contributed by atoms with Crippen LogP contribution in [0.3, 0.4) is 0 Å². The summed E-state index contributed by atoms with van der Waals surface area (Å²) in [6, 6.07) is 6.70. The number of hydrogen-bond acceptors (Lipinski definition) is 6. The van der Waals surface area contributed by atoms with Gasteiger partial charge in [0.15, 0.2) is 9.84 Å². The summed E-state index contributed by atoms with van der Waals surface area (Å²) < 4.78 is 50.8. The highest BCUT2D eigenvalue weighted by atomic mass is 35.5. The van der Waals surface area contributed by atoms with E-state index in [1.165, 1.54) is 0 Å². The number of sulfone groups is 1. The summed E-state index contributed by atoms with van der Waals surface area (Å²) in [5.41, 5.74) is -0.388. The van der Waals surface area contributed by atoms with Gasteiger partial charge in [-0.1, -0.05) is 50.0 Å². The topological polar surface area (TPSA) is 88.0 Å². The van der Waals surface area contributed by atoms with Crippen LogP contribution in [0.1, 0.15) is 20.8 Å². The number of ether oxygens (including phenoxy) is 2. The molecule has 0 N–H and O–H groups in total. The van der Waals surface area contributed by atoms with Crippen LogP contribution in [0.4, 0.5) is 4.39 Å². The molecule has 6 nitrogen and oxygen atoms in total. The van der Waals surface area contributed by atoms with Gasteiger partial charge in [-0.2, -0.15) is 0 Å². The van der Waals surface area contributed by atoms with Gasteiger partial charge in [0.05, 0.1) is 22.3 Å². The van der Waals surface area contributed by atoms with Crippen LogP contribution in [0.25, 0.3) is 11.1 Å². The van der Waals surface area contributed by atoms with Gasteiger partial charge in [-0.05, 0) is 24.3 Å². The van der Waals surface area contributed by atoms with E-state index in [0.717, 1.165) is 12.1 Å². The monoisotopic (exact) mass is 474 g/mol. The Morgan fingerprint density at radius 1 is 1.30 bits per heavy atom. The van der Waals surface area contributed by atoms with Crippen LogP contribution >= 0.6 is 23.2 Å². The lowest BCUT2D eigenvalue weighted by Gasteiger charge is -2.31. The van der Waals surface area contributed by atoms with Gasteiger partial charge in [-0.3, -0.25) is 4.99 Å². The average Bonchev–Trinajstić information content (AvgIpc) is 2.59. The highest BCUT2D eigenvalue weighted by molar-refractivity contribution is 7.91. The SMILES string of the molecule is CC(C)(C)OC([O-])=NCC1CS(=O)(=O)c2cc(F)cc(-c3c(Cl)cccc3Cl)c2O1. The molecule has 0 spiro atoms. The number of benzene rings is 2. The quantitative estimate of drug-likeness (QED) is 0.497. The van der Waals surface area contributed by atoms with Gasteiger partial charge in [0.25, 0.3) is 0 Å². The molecular formula is C20H19Cl2FNO5S-. The fourth-order valence-corrected chi connectivity index (χ4v) is 5.13. The Morgan fingerprint density at radius 2 is 1.93 bits per heavy atom. The number of halogens is 3. The Hall–Kier alpha value is -2.03. The lowest BCUT2D eigenvalue weighted by atomic mass is 10.0. The fraction of sp³-hybridized carbons (Fsp3) is 0.350. The summed E-state index contributed by atoms with van der Waals surface area (Å²) in [6.07, 6.45) is -1.80. The van der Waals surface area contributed by atoms with Gasteiger partial charge >= 0.3 is 0 Å². The van der Waals surface area contributed by atoms with Gasteiger partial charge in [-0.15, -0.1) is 0 Å². The second-order valence-electron chi connectivity index (χ2n) is 7.72. The maximum absolute atomic E-state index is 14.3. The molecule has 10 heteroatoms. The predicted octanol–water partition coefficient (Wildman–Crippen LogP) is 3.87. The lowest BCUT2D eigenvalue weighted by Crippen LogP contribution is -2.37. The minimum absolute atomic E-state index is 0.0814. The van der Waals surface area contributed by atoms with Crippen molar-refractivity contribution in [2.45, 2.75) is 37.4 Å². The smallest absolute Gasteiger partial charge is 0.185 e. The Morgan fingerprint density at radius 3 is 2.53 bits per heavy atom. The normalized spacial score (nSPS) is 18.5. The zero-order valence-electron chi connectivity index (χ0n) is 16.4. The molecule has 0 saturated heterocycles. The Balaban J connectivity index is 2.04. The molecule has 30 heavy (non-hydrogen) atoms.